The van der Waals surface area contributed by atoms with Crippen LogP contribution in [0.15, 0.2) is 5.18 Å². The minimum Gasteiger partial charge on any atom is -0.269 e. The van der Waals surface area contributed by atoms with Gasteiger partial charge in [0.1, 0.15) is 6.04 Å². The van der Waals surface area contributed by atoms with Crippen molar-refractivity contribution in [2.24, 2.45) is 11.0 Å². The van der Waals surface area contributed by atoms with Gasteiger partial charge in [0.05, 0.1) is 0 Å². The molecule has 1 saturated heterocycles. The summed E-state index contributed by atoms with van der Waals surface area (Å²) in [7, 11) is 0. The van der Waals surface area contributed by atoms with Crippen LogP contribution >= 0.6 is 0 Å². The number of nitroso groups, excluding NO2 is 1. The van der Waals surface area contributed by atoms with Gasteiger partial charge in [-0.1, -0.05) is 5.18 Å². The number of hydrazine groups is 1. The molecule has 52 valence electrons. The molecule has 0 aliphatic carbocycles. The fourth-order valence-electron chi connectivity index (χ4n) is 1.07. The number of piperidine rings is 1. The van der Waals surface area contributed by atoms with E-state index in [2.05, 4.69) is 5.18 Å². The standard InChI is InChI=1S/C5H11N3O/c6-8-3-1-2-5(4-8)7-9/h5H,1-4,6H2. The molecule has 1 heterocycles. The highest BCUT2D eigenvalue weighted by molar-refractivity contribution is 4.73. The molecule has 4 heteroatoms. The van der Waals surface area contributed by atoms with Crippen molar-refractivity contribution in [1.82, 2.24) is 5.01 Å². The van der Waals surface area contributed by atoms with E-state index in [-0.39, 0.29) is 6.04 Å². The molecule has 0 aromatic carbocycles. The third kappa shape index (κ3) is 1.73. The van der Waals surface area contributed by atoms with Gasteiger partial charge in [-0.3, -0.25) is 5.84 Å². The Balaban J connectivity index is 2.31. The molecule has 2 N–H and O–H groups in total. The minimum absolute atomic E-state index is 0.0660. The fraction of sp³-hybridized carbons (Fsp3) is 1.00. The maximum absolute atomic E-state index is 9.97. The smallest absolute Gasteiger partial charge is 0.106 e. The third-order valence-corrected chi connectivity index (χ3v) is 1.58. The molecule has 1 aliphatic heterocycles. The summed E-state index contributed by atoms with van der Waals surface area (Å²) in [6.45, 7) is 1.52. The van der Waals surface area contributed by atoms with Crippen LogP contribution in [0, 0.1) is 4.91 Å². The minimum atomic E-state index is -0.0660. The van der Waals surface area contributed by atoms with Gasteiger partial charge < -0.3 is 0 Å². The second-order valence-corrected chi connectivity index (χ2v) is 2.40. The van der Waals surface area contributed by atoms with Crippen LogP contribution in [-0.2, 0) is 0 Å². The zero-order valence-corrected chi connectivity index (χ0v) is 5.29. The molecule has 1 unspecified atom stereocenters. The molecular weight excluding hydrogens is 118 g/mol. The predicted octanol–water partition coefficient (Wildman–Crippen LogP) is 0.0909. The summed E-state index contributed by atoms with van der Waals surface area (Å²) in [4.78, 5) is 9.97. The molecule has 0 radical (unpaired) electrons. The zero-order chi connectivity index (χ0) is 6.69. The van der Waals surface area contributed by atoms with Gasteiger partial charge in [0.2, 0.25) is 0 Å². The molecule has 0 spiro atoms. The van der Waals surface area contributed by atoms with Gasteiger partial charge in [-0.25, -0.2) is 5.01 Å². The first-order valence-corrected chi connectivity index (χ1v) is 3.15. The van der Waals surface area contributed by atoms with Crippen LogP contribution < -0.4 is 5.84 Å². The SMILES string of the molecule is NN1CCCC(N=O)C1. The predicted molar refractivity (Wildman–Crippen MR) is 34.6 cm³/mol. The molecule has 0 aromatic rings. The maximum atomic E-state index is 9.97. The molecule has 0 bridgehead atoms. The Bertz CT molecular complexity index is 106. The Morgan fingerprint density at radius 3 is 2.89 bits per heavy atom. The average Bonchev–Trinajstić information content (AvgIpc) is 1.88. The van der Waals surface area contributed by atoms with Crippen LogP contribution in [0.3, 0.4) is 0 Å². The van der Waals surface area contributed by atoms with Crippen molar-refractivity contribution < 1.29 is 0 Å². The van der Waals surface area contributed by atoms with E-state index >= 15 is 0 Å². The number of hydrogen-bond donors (Lipinski definition) is 1. The first-order chi connectivity index (χ1) is 4.33. The van der Waals surface area contributed by atoms with Crippen LogP contribution in [0.1, 0.15) is 12.8 Å². The lowest BCUT2D eigenvalue weighted by molar-refractivity contribution is 0.214. The van der Waals surface area contributed by atoms with Crippen molar-refractivity contribution in [2.75, 3.05) is 13.1 Å². The van der Waals surface area contributed by atoms with Gasteiger partial charge >= 0.3 is 0 Å². The monoisotopic (exact) mass is 129 g/mol. The van der Waals surface area contributed by atoms with Crippen molar-refractivity contribution >= 4 is 0 Å². The first kappa shape index (κ1) is 6.64. The van der Waals surface area contributed by atoms with Crippen molar-refractivity contribution in [3.05, 3.63) is 4.91 Å². The van der Waals surface area contributed by atoms with E-state index in [0.717, 1.165) is 19.4 Å². The van der Waals surface area contributed by atoms with E-state index in [1.54, 1.807) is 5.01 Å². The zero-order valence-electron chi connectivity index (χ0n) is 5.29. The Morgan fingerprint density at radius 2 is 2.44 bits per heavy atom. The van der Waals surface area contributed by atoms with Crippen molar-refractivity contribution in [1.29, 1.82) is 0 Å². The summed E-state index contributed by atoms with van der Waals surface area (Å²) in [6, 6.07) is -0.0660. The quantitative estimate of drug-likeness (QED) is 0.403. The molecule has 9 heavy (non-hydrogen) atoms. The van der Waals surface area contributed by atoms with Crippen LogP contribution in [-0.4, -0.2) is 24.1 Å². The molecule has 1 rings (SSSR count). The van der Waals surface area contributed by atoms with Gasteiger partial charge in [-0.2, -0.15) is 4.91 Å². The lowest BCUT2D eigenvalue weighted by atomic mass is 10.1. The van der Waals surface area contributed by atoms with Gasteiger partial charge in [0.15, 0.2) is 0 Å². The molecule has 0 aromatic heterocycles. The summed E-state index contributed by atoms with van der Waals surface area (Å²) in [5.41, 5.74) is 0. The molecule has 4 nitrogen and oxygen atoms in total. The normalized spacial score (nSPS) is 30.1. The Morgan fingerprint density at radius 1 is 1.67 bits per heavy atom. The second-order valence-electron chi connectivity index (χ2n) is 2.40. The van der Waals surface area contributed by atoms with Crippen molar-refractivity contribution in [2.45, 2.75) is 18.9 Å². The molecular formula is C5H11N3O. The molecule has 1 fully saturated rings. The highest BCUT2D eigenvalue weighted by Gasteiger charge is 2.16. The summed E-state index contributed by atoms with van der Waals surface area (Å²) in [6.07, 6.45) is 1.89. The van der Waals surface area contributed by atoms with E-state index in [9.17, 15) is 4.91 Å². The van der Waals surface area contributed by atoms with Gasteiger partial charge in [-0.05, 0) is 12.8 Å². The van der Waals surface area contributed by atoms with E-state index < -0.39 is 0 Å². The van der Waals surface area contributed by atoms with Crippen molar-refractivity contribution in [3.63, 3.8) is 0 Å². The Labute approximate surface area is 54.0 Å². The van der Waals surface area contributed by atoms with Crippen LogP contribution in [0.4, 0.5) is 0 Å². The molecule has 0 amide bonds. The number of nitrogens with two attached hydrogens (primary N) is 1. The Hall–Kier alpha value is -0.480. The summed E-state index contributed by atoms with van der Waals surface area (Å²) in [5.74, 6) is 5.44. The number of hydrogen-bond acceptors (Lipinski definition) is 4. The highest BCUT2D eigenvalue weighted by atomic mass is 16.3. The Kier molecular flexibility index (Phi) is 2.13. The highest BCUT2D eigenvalue weighted by Crippen LogP contribution is 2.08. The second kappa shape index (κ2) is 2.89. The van der Waals surface area contributed by atoms with E-state index in [4.69, 9.17) is 5.84 Å². The van der Waals surface area contributed by atoms with Gasteiger partial charge in [-0.15, -0.1) is 0 Å². The molecule has 1 atom stereocenters. The van der Waals surface area contributed by atoms with E-state index in [1.807, 2.05) is 0 Å². The molecule has 1 aliphatic rings. The van der Waals surface area contributed by atoms with E-state index in [1.165, 1.54) is 0 Å². The van der Waals surface area contributed by atoms with Crippen LogP contribution in [0.5, 0.6) is 0 Å². The van der Waals surface area contributed by atoms with Gasteiger partial charge in [0, 0.05) is 13.1 Å². The topological polar surface area (TPSA) is 58.7 Å². The van der Waals surface area contributed by atoms with E-state index in [0.29, 0.717) is 6.54 Å². The number of nitrogens with zero attached hydrogens (tertiary/aromatic N) is 2. The maximum Gasteiger partial charge on any atom is 0.106 e. The van der Waals surface area contributed by atoms with Crippen LogP contribution in [0.25, 0.3) is 0 Å². The van der Waals surface area contributed by atoms with Crippen molar-refractivity contribution in [3.8, 4) is 0 Å². The molecule has 0 saturated carbocycles. The summed E-state index contributed by atoms with van der Waals surface area (Å²) >= 11 is 0. The summed E-state index contributed by atoms with van der Waals surface area (Å²) in [5, 5.41) is 4.57. The van der Waals surface area contributed by atoms with Gasteiger partial charge in [0.25, 0.3) is 0 Å². The number of rotatable bonds is 1. The lowest BCUT2D eigenvalue weighted by Gasteiger charge is -2.24. The largest absolute Gasteiger partial charge is 0.269 e. The van der Waals surface area contributed by atoms with Crippen LogP contribution in [0.2, 0.25) is 0 Å². The average molecular weight is 129 g/mol. The lowest BCUT2D eigenvalue weighted by Crippen LogP contribution is -2.41. The summed E-state index contributed by atoms with van der Waals surface area (Å²) < 4.78 is 0. The first-order valence-electron chi connectivity index (χ1n) is 3.15. The third-order valence-electron chi connectivity index (χ3n) is 1.58. The fourth-order valence-corrected chi connectivity index (χ4v) is 1.07.